The number of rotatable bonds is 2. The molecule has 1 aliphatic heterocycles. The third-order valence-electron chi connectivity index (χ3n) is 4.62. The molecule has 3 rings (SSSR count). The molecule has 1 aromatic carbocycles. The molecule has 0 N–H and O–H groups in total. The van der Waals surface area contributed by atoms with Crippen LogP contribution in [0.5, 0.6) is 0 Å². The van der Waals surface area contributed by atoms with E-state index in [0.29, 0.717) is 25.8 Å². The largest absolute Gasteiger partial charge is 0.333 e. The van der Waals surface area contributed by atoms with Crippen molar-refractivity contribution in [2.45, 2.75) is 31.7 Å². The quantitative estimate of drug-likeness (QED) is 0.621. The predicted molar refractivity (Wildman–Crippen MR) is 82.7 cm³/mol. The fourth-order valence-corrected chi connectivity index (χ4v) is 3.75. The highest BCUT2D eigenvalue weighted by Gasteiger charge is 2.43. The number of hydrogen-bond donors (Lipinski definition) is 0. The third-order valence-corrected chi connectivity index (χ3v) is 4.85. The average molecular weight is 320 g/mol. The molecule has 1 saturated carbocycles. The van der Waals surface area contributed by atoms with Gasteiger partial charge in [-0.05, 0) is 24.0 Å². The van der Waals surface area contributed by atoms with Crippen molar-refractivity contribution in [1.82, 2.24) is 4.90 Å². The summed E-state index contributed by atoms with van der Waals surface area (Å²) < 4.78 is 0. The predicted octanol–water partition coefficient (Wildman–Crippen LogP) is 2.29. The van der Waals surface area contributed by atoms with Crippen LogP contribution in [-0.2, 0) is 20.8 Å². The number of benzene rings is 1. The number of hydrogen-bond acceptors (Lipinski definition) is 3. The Morgan fingerprint density at radius 2 is 1.82 bits per heavy atom. The summed E-state index contributed by atoms with van der Waals surface area (Å²) in [7, 11) is 0. The van der Waals surface area contributed by atoms with Crippen LogP contribution in [-0.4, -0.2) is 34.8 Å². The summed E-state index contributed by atoms with van der Waals surface area (Å²) in [4.78, 5) is 38.6. The summed E-state index contributed by atoms with van der Waals surface area (Å²) in [5.74, 6) is -1.18. The van der Waals surface area contributed by atoms with E-state index in [4.69, 9.17) is 11.6 Å². The fourth-order valence-electron chi connectivity index (χ4n) is 3.59. The minimum Gasteiger partial charge on any atom is -0.333 e. The molecule has 0 unspecified atom stereocenters. The fraction of sp³-hybridized carbons (Fsp3) is 0.471. The van der Waals surface area contributed by atoms with Gasteiger partial charge in [0.25, 0.3) is 0 Å². The first-order valence-corrected chi connectivity index (χ1v) is 8.15. The molecule has 1 heterocycles. The molecule has 0 bridgehead atoms. The molecule has 116 valence electrons. The Morgan fingerprint density at radius 1 is 1.14 bits per heavy atom. The molecule has 4 nitrogen and oxygen atoms in total. The number of nitrogens with zero attached hydrogens (tertiary/aromatic N) is 1. The lowest BCUT2D eigenvalue weighted by atomic mass is 9.75. The van der Waals surface area contributed by atoms with Crippen molar-refractivity contribution in [2.75, 3.05) is 12.4 Å². The number of carbonyl (C=O) groups is 3. The summed E-state index contributed by atoms with van der Waals surface area (Å²) in [5.41, 5.74) is 2.03. The van der Waals surface area contributed by atoms with Crippen molar-refractivity contribution < 1.29 is 14.4 Å². The van der Waals surface area contributed by atoms with Crippen LogP contribution >= 0.6 is 11.6 Å². The summed E-state index contributed by atoms with van der Waals surface area (Å²) in [6, 6.07) is 7.26. The highest BCUT2D eigenvalue weighted by Crippen LogP contribution is 2.39. The summed E-state index contributed by atoms with van der Waals surface area (Å²) in [6.07, 6.45) is 2.17. The van der Waals surface area contributed by atoms with Gasteiger partial charge in [0.2, 0.25) is 5.91 Å². The minimum atomic E-state index is -0.734. The van der Waals surface area contributed by atoms with Gasteiger partial charge in [-0.25, -0.2) is 0 Å². The van der Waals surface area contributed by atoms with E-state index in [-0.39, 0.29) is 23.4 Å². The van der Waals surface area contributed by atoms with Gasteiger partial charge >= 0.3 is 0 Å². The lowest BCUT2D eigenvalue weighted by Crippen LogP contribution is -2.48. The van der Waals surface area contributed by atoms with Gasteiger partial charge in [0.05, 0.1) is 6.04 Å². The second-order valence-electron chi connectivity index (χ2n) is 5.88. The van der Waals surface area contributed by atoms with E-state index >= 15 is 0 Å². The molecule has 22 heavy (non-hydrogen) atoms. The monoisotopic (exact) mass is 319 g/mol. The summed E-state index contributed by atoms with van der Waals surface area (Å²) >= 11 is 5.73. The van der Waals surface area contributed by atoms with Gasteiger partial charge in [-0.2, -0.15) is 0 Å². The van der Waals surface area contributed by atoms with E-state index in [1.165, 1.54) is 0 Å². The molecule has 1 aromatic rings. The van der Waals surface area contributed by atoms with Crippen molar-refractivity contribution >= 4 is 29.1 Å². The standard InChI is InChI=1S/C17H18ClNO3/c18-10-15(22)19-9-8-11-4-1-2-5-12(11)17(19)16-13(20)6-3-7-14(16)21/h1-2,4-5,16-17H,3,6-10H2/t17-/m0/s1. The Hall–Kier alpha value is -1.68. The second-order valence-corrected chi connectivity index (χ2v) is 6.15. The van der Waals surface area contributed by atoms with Gasteiger partial charge in [0.1, 0.15) is 23.4 Å². The van der Waals surface area contributed by atoms with Crippen LogP contribution in [0.2, 0.25) is 0 Å². The maximum atomic E-state index is 12.4. The van der Waals surface area contributed by atoms with E-state index in [1.807, 2.05) is 24.3 Å². The van der Waals surface area contributed by atoms with Gasteiger partial charge in [-0.3, -0.25) is 14.4 Å². The van der Waals surface area contributed by atoms with E-state index in [0.717, 1.165) is 17.5 Å². The SMILES string of the molecule is O=C1CCCC(=O)C1[C@@H]1c2ccccc2CCN1C(=O)CCl. The molecular formula is C17H18ClNO3. The van der Waals surface area contributed by atoms with Gasteiger partial charge in [-0.15, -0.1) is 11.6 Å². The van der Waals surface area contributed by atoms with Crippen LogP contribution in [0, 0.1) is 5.92 Å². The average Bonchev–Trinajstić information content (AvgIpc) is 2.54. The van der Waals surface area contributed by atoms with E-state index in [9.17, 15) is 14.4 Å². The smallest absolute Gasteiger partial charge is 0.238 e. The molecular weight excluding hydrogens is 302 g/mol. The zero-order chi connectivity index (χ0) is 15.7. The molecule has 1 atom stereocenters. The number of Topliss-reactive ketones (excluding diaryl/α,β-unsaturated/α-hetero) is 2. The molecule has 0 spiro atoms. The lowest BCUT2D eigenvalue weighted by Gasteiger charge is -2.41. The Kier molecular flexibility index (Phi) is 4.30. The van der Waals surface area contributed by atoms with Crippen molar-refractivity contribution in [3.63, 3.8) is 0 Å². The number of alkyl halides is 1. The van der Waals surface area contributed by atoms with Crippen molar-refractivity contribution in [1.29, 1.82) is 0 Å². The van der Waals surface area contributed by atoms with E-state index in [1.54, 1.807) is 4.90 Å². The van der Waals surface area contributed by atoms with E-state index in [2.05, 4.69) is 0 Å². The number of fused-ring (bicyclic) bond motifs is 1. The highest BCUT2D eigenvalue weighted by atomic mass is 35.5. The van der Waals surface area contributed by atoms with Gasteiger partial charge in [-0.1, -0.05) is 24.3 Å². The van der Waals surface area contributed by atoms with Crippen molar-refractivity contribution in [3.8, 4) is 0 Å². The van der Waals surface area contributed by atoms with Crippen LogP contribution in [0.25, 0.3) is 0 Å². The summed E-state index contributed by atoms with van der Waals surface area (Å²) in [6.45, 7) is 0.504. The van der Waals surface area contributed by atoms with Crippen LogP contribution < -0.4 is 0 Å². The Bertz CT molecular complexity index is 612. The zero-order valence-electron chi connectivity index (χ0n) is 12.3. The molecule has 2 aliphatic rings. The topological polar surface area (TPSA) is 54.5 Å². The zero-order valence-corrected chi connectivity index (χ0v) is 13.0. The maximum Gasteiger partial charge on any atom is 0.238 e. The van der Waals surface area contributed by atoms with Gasteiger partial charge < -0.3 is 4.90 Å². The third kappa shape index (κ3) is 2.56. The van der Waals surface area contributed by atoms with Gasteiger partial charge in [0.15, 0.2) is 0 Å². The first kappa shape index (κ1) is 15.2. The number of halogens is 1. The molecule has 0 aromatic heterocycles. The number of ketones is 2. The first-order valence-electron chi connectivity index (χ1n) is 7.62. The molecule has 1 amide bonds. The van der Waals surface area contributed by atoms with Crippen molar-refractivity contribution in [2.24, 2.45) is 5.92 Å². The minimum absolute atomic E-state index is 0.0506. The Morgan fingerprint density at radius 3 is 2.50 bits per heavy atom. The Labute approximate surface area is 134 Å². The van der Waals surface area contributed by atoms with Crippen LogP contribution in [0.3, 0.4) is 0 Å². The molecule has 0 radical (unpaired) electrons. The van der Waals surface area contributed by atoms with Crippen LogP contribution in [0.4, 0.5) is 0 Å². The number of amides is 1. The van der Waals surface area contributed by atoms with Gasteiger partial charge in [0, 0.05) is 19.4 Å². The maximum absolute atomic E-state index is 12.4. The van der Waals surface area contributed by atoms with Crippen LogP contribution in [0.1, 0.15) is 36.4 Å². The lowest BCUT2D eigenvalue weighted by molar-refractivity contribution is -0.142. The normalized spacial score (nSPS) is 22.6. The Balaban J connectivity index is 2.07. The molecule has 0 saturated heterocycles. The van der Waals surface area contributed by atoms with Crippen LogP contribution in [0.15, 0.2) is 24.3 Å². The summed E-state index contributed by atoms with van der Waals surface area (Å²) in [5, 5.41) is 0. The molecule has 1 fully saturated rings. The second kappa shape index (κ2) is 6.21. The highest BCUT2D eigenvalue weighted by molar-refractivity contribution is 6.27. The first-order chi connectivity index (χ1) is 10.6. The molecule has 1 aliphatic carbocycles. The molecule has 5 heteroatoms. The van der Waals surface area contributed by atoms with Crippen molar-refractivity contribution in [3.05, 3.63) is 35.4 Å². The van der Waals surface area contributed by atoms with E-state index < -0.39 is 12.0 Å². The number of carbonyl (C=O) groups excluding carboxylic acids is 3.